The van der Waals surface area contributed by atoms with Crippen molar-refractivity contribution < 1.29 is 15.3 Å². The second kappa shape index (κ2) is 4.98. The second-order valence-electron chi connectivity index (χ2n) is 3.61. The first-order valence-corrected chi connectivity index (χ1v) is 5.49. The van der Waals surface area contributed by atoms with Crippen molar-refractivity contribution in [3.8, 4) is 17.2 Å². The molecule has 0 spiro atoms. The number of nitrogens with zero attached hydrogens (tertiary/aromatic N) is 1. The maximum atomic E-state index is 9.58. The molecule has 0 aromatic heterocycles. The maximum Gasteiger partial charge on any atom is 0.200 e. The molecule has 2 aromatic rings. The molecule has 0 saturated carbocycles. The smallest absolute Gasteiger partial charge is 0.200 e. The average molecular weight is 264 g/mol. The van der Waals surface area contributed by atoms with Crippen LogP contribution in [0.5, 0.6) is 17.2 Å². The normalized spacial score (nSPS) is 10.9. The van der Waals surface area contributed by atoms with Crippen molar-refractivity contribution in [1.29, 1.82) is 0 Å². The van der Waals surface area contributed by atoms with E-state index in [1.165, 1.54) is 18.3 Å². The number of halogens is 1. The Hall–Kier alpha value is -2.20. The summed E-state index contributed by atoms with van der Waals surface area (Å²) in [6, 6.07) is 9.55. The van der Waals surface area contributed by atoms with Gasteiger partial charge in [-0.2, -0.15) is 0 Å². The molecule has 0 amide bonds. The van der Waals surface area contributed by atoms with Gasteiger partial charge in [0.2, 0.25) is 5.75 Å². The number of hydrogen-bond acceptors (Lipinski definition) is 4. The lowest BCUT2D eigenvalue weighted by Crippen LogP contribution is -1.83. The van der Waals surface area contributed by atoms with Crippen LogP contribution in [0.1, 0.15) is 5.56 Å². The highest BCUT2D eigenvalue weighted by atomic mass is 35.5. The Labute approximate surface area is 108 Å². The Balaban J connectivity index is 2.29. The summed E-state index contributed by atoms with van der Waals surface area (Å²) < 4.78 is 0. The van der Waals surface area contributed by atoms with Crippen LogP contribution in [0, 0.1) is 0 Å². The van der Waals surface area contributed by atoms with Crippen LogP contribution in [0.25, 0.3) is 0 Å². The zero-order valence-corrected chi connectivity index (χ0v) is 9.96. The van der Waals surface area contributed by atoms with E-state index in [9.17, 15) is 15.3 Å². The van der Waals surface area contributed by atoms with Crippen molar-refractivity contribution in [1.82, 2.24) is 0 Å². The molecule has 0 bridgehead atoms. The molecule has 2 rings (SSSR count). The van der Waals surface area contributed by atoms with Crippen LogP contribution in [-0.4, -0.2) is 21.5 Å². The highest BCUT2D eigenvalue weighted by Crippen LogP contribution is 2.36. The highest BCUT2D eigenvalue weighted by molar-refractivity contribution is 6.30. The molecule has 0 radical (unpaired) electrons. The highest BCUT2D eigenvalue weighted by Gasteiger charge is 2.08. The van der Waals surface area contributed by atoms with Crippen LogP contribution < -0.4 is 0 Å². The quantitative estimate of drug-likeness (QED) is 0.575. The number of phenolic OH excluding ortho intramolecular Hbond substituents is 3. The van der Waals surface area contributed by atoms with E-state index in [1.54, 1.807) is 24.3 Å². The summed E-state index contributed by atoms with van der Waals surface area (Å²) in [6.45, 7) is 0. The Morgan fingerprint density at radius 3 is 2.22 bits per heavy atom. The van der Waals surface area contributed by atoms with Gasteiger partial charge in [-0.15, -0.1) is 0 Å². The molecule has 0 aliphatic heterocycles. The molecule has 0 fully saturated rings. The number of aliphatic imine (C=N–C) groups is 1. The Morgan fingerprint density at radius 1 is 0.889 bits per heavy atom. The standard InChI is InChI=1S/C13H10ClNO3/c14-9-2-4-10(5-3-9)15-7-8-1-6-11(16)13(18)12(8)17/h1-7,16-18H. The molecule has 0 heterocycles. The first-order valence-electron chi connectivity index (χ1n) is 5.11. The minimum Gasteiger partial charge on any atom is -0.504 e. The van der Waals surface area contributed by atoms with E-state index >= 15 is 0 Å². The van der Waals surface area contributed by atoms with Crippen molar-refractivity contribution >= 4 is 23.5 Å². The Morgan fingerprint density at radius 2 is 1.56 bits per heavy atom. The molecule has 0 aliphatic carbocycles. The zero-order valence-electron chi connectivity index (χ0n) is 9.21. The number of rotatable bonds is 2. The summed E-state index contributed by atoms with van der Waals surface area (Å²) in [5.41, 5.74) is 0.964. The van der Waals surface area contributed by atoms with Gasteiger partial charge in [0.15, 0.2) is 11.5 Å². The Kier molecular flexibility index (Phi) is 3.39. The molecule has 2 aromatic carbocycles. The largest absolute Gasteiger partial charge is 0.504 e. The van der Waals surface area contributed by atoms with Crippen LogP contribution in [0.15, 0.2) is 41.4 Å². The molecule has 92 valence electrons. The van der Waals surface area contributed by atoms with Gasteiger partial charge >= 0.3 is 0 Å². The molecule has 0 saturated heterocycles. The predicted molar refractivity (Wildman–Crippen MR) is 70.1 cm³/mol. The van der Waals surface area contributed by atoms with Crippen LogP contribution in [0.3, 0.4) is 0 Å². The summed E-state index contributed by atoms with van der Waals surface area (Å²) in [6.07, 6.45) is 1.39. The van der Waals surface area contributed by atoms with E-state index in [0.717, 1.165) is 0 Å². The topological polar surface area (TPSA) is 73.1 Å². The minimum absolute atomic E-state index is 0.306. The molecule has 0 aliphatic rings. The van der Waals surface area contributed by atoms with Gasteiger partial charge in [-0.05, 0) is 36.4 Å². The fraction of sp³-hybridized carbons (Fsp3) is 0. The van der Waals surface area contributed by atoms with E-state index in [-0.39, 0.29) is 5.75 Å². The number of phenols is 3. The van der Waals surface area contributed by atoms with E-state index < -0.39 is 11.5 Å². The van der Waals surface area contributed by atoms with E-state index in [4.69, 9.17) is 11.6 Å². The van der Waals surface area contributed by atoms with Gasteiger partial charge in [-0.25, -0.2) is 0 Å². The van der Waals surface area contributed by atoms with Crippen molar-refractivity contribution in [2.24, 2.45) is 4.99 Å². The third-order valence-electron chi connectivity index (χ3n) is 2.34. The number of benzene rings is 2. The summed E-state index contributed by atoms with van der Waals surface area (Å²) in [7, 11) is 0. The summed E-state index contributed by atoms with van der Waals surface area (Å²) in [5, 5.41) is 28.7. The molecule has 3 N–H and O–H groups in total. The van der Waals surface area contributed by atoms with E-state index in [0.29, 0.717) is 16.3 Å². The van der Waals surface area contributed by atoms with Gasteiger partial charge in [-0.1, -0.05) is 11.6 Å². The summed E-state index contributed by atoms with van der Waals surface area (Å²) in [5.74, 6) is -1.35. The molecule has 18 heavy (non-hydrogen) atoms. The first-order chi connectivity index (χ1) is 8.58. The maximum absolute atomic E-state index is 9.58. The van der Waals surface area contributed by atoms with Gasteiger partial charge in [-0.3, -0.25) is 4.99 Å². The van der Waals surface area contributed by atoms with Crippen molar-refractivity contribution in [3.63, 3.8) is 0 Å². The molecule has 4 nitrogen and oxygen atoms in total. The SMILES string of the molecule is Oc1ccc(C=Nc2ccc(Cl)cc2)c(O)c1O. The molecular formula is C13H10ClNO3. The first kappa shape index (κ1) is 12.3. The predicted octanol–water partition coefficient (Wildman–Crippen LogP) is 3.21. The van der Waals surface area contributed by atoms with E-state index in [2.05, 4.69) is 4.99 Å². The fourth-order valence-corrected chi connectivity index (χ4v) is 1.49. The summed E-state index contributed by atoms with van der Waals surface area (Å²) in [4.78, 5) is 4.11. The van der Waals surface area contributed by atoms with Gasteiger partial charge in [0.05, 0.1) is 5.69 Å². The third-order valence-corrected chi connectivity index (χ3v) is 2.59. The van der Waals surface area contributed by atoms with Crippen LogP contribution in [0.2, 0.25) is 5.02 Å². The van der Waals surface area contributed by atoms with Gasteiger partial charge in [0.25, 0.3) is 0 Å². The Bertz CT molecular complexity index is 594. The summed E-state index contributed by atoms with van der Waals surface area (Å²) >= 11 is 5.74. The van der Waals surface area contributed by atoms with Crippen molar-refractivity contribution in [3.05, 3.63) is 47.0 Å². The zero-order chi connectivity index (χ0) is 13.1. The monoisotopic (exact) mass is 263 g/mol. The van der Waals surface area contributed by atoms with Crippen LogP contribution >= 0.6 is 11.6 Å². The molecular weight excluding hydrogens is 254 g/mol. The number of hydrogen-bond donors (Lipinski definition) is 3. The minimum atomic E-state index is -0.560. The van der Waals surface area contributed by atoms with Gasteiger partial charge in [0, 0.05) is 16.8 Å². The third kappa shape index (κ3) is 2.55. The van der Waals surface area contributed by atoms with Gasteiger partial charge in [0.1, 0.15) is 0 Å². The van der Waals surface area contributed by atoms with Crippen molar-refractivity contribution in [2.45, 2.75) is 0 Å². The second-order valence-corrected chi connectivity index (χ2v) is 4.04. The lowest BCUT2D eigenvalue weighted by atomic mass is 10.2. The van der Waals surface area contributed by atoms with Crippen LogP contribution in [-0.2, 0) is 0 Å². The lowest BCUT2D eigenvalue weighted by Gasteiger charge is -2.03. The number of aromatic hydroxyl groups is 3. The van der Waals surface area contributed by atoms with Gasteiger partial charge < -0.3 is 15.3 Å². The molecule has 0 unspecified atom stereocenters. The molecule has 0 atom stereocenters. The molecule has 5 heteroatoms. The van der Waals surface area contributed by atoms with Crippen LogP contribution in [0.4, 0.5) is 5.69 Å². The average Bonchev–Trinajstić information content (AvgIpc) is 2.37. The van der Waals surface area contributed by atoms with E-state index in [1.807, 2.05) is 0 Å². The lowest BCUT2D eigenvalue weighted by molar-refractivity contribution is 0.367. The fourth-order valence-electron chi connectivity index (χ4n) is 1.36. The van der Waals surface area contributed by atoms with Crippen molar-refractivity contribution in [2.75, 3.05) is 0 Å².